The smallest absolute Gasteiger partial charge is 0.0745 e. The Kier molecular flexibility index (Phi) is 6.43. The molecule has 1 aliphatic rings. The van der Waals surface area contributed by atoms with E-state index < -0.39 is 0 Å². The first-order valence-electron chi connectivity index (χ1n) is 13.2. The zero-order valence-corrected chi connectivity index (χ0v) is 21.6. The van der Waals surface area contributed by atoms with Gasteiger partial charge in [0.05, 0.1) is 11.0 Å². The van der Waals surface area contributed by atoms with Crippen molar-refractivity contribution in [3.05, 3.63) is 66.2 Å². The van der Waals surface area contributed by atoms with Gasteiger partial charge in [0.2, 0.25) is 0 Å². The average molecular weight is 467 g/mol. The number of aromatic nitrogens is 2. The highest BCUT2D eigenvalue weighted by atomic mass is 15.1. The molecule has 3 aromatic carbocycles. The van der Waals surface area contributed by atoms with Crippen LogP contribution in [0.3, 0.4) is 0 Å². The van der Waals surface area contributed by atoms with Crippen LogP contribution in [0.25, 0.3) is 49.7 Å². The van der Waals surface area contributed by atoms with E-state index in [9.17, 15) is 0 Å². The summed E-state index contributed by atoms with van der Waals surface area (Å²) in [4.78, 5) is 0. The number of rotatable bonds is 4. The van der Waals surface area contributed by atoms with Crippen LogP contribution in [-0.2, 0) is 13.1 Å². The number of hydrogen-bond acceptors (Lipinski definition) is 2. The summed E-state index contributed by atoms with van der Waals surface area (Å²) in [5, 5.41) is 8.77. The van der Waals surface area contributed by atoms with Crippen LogP contribution in [0.2, 0.25) is 0 Å². The molecule has 0 radical (unpaired) electrons. The molecule has 0 aliphatic carbocycles. The van der Waals surface area contributed by atoms with Gasteiger partial charge in [-0.25, -0.2) is 0 Å². The van der Waals surface area contributed by atoms with Gasteiger partial charge in [0, 0.05) is 57.8 Å². The minimum absolute atomic E-state index is 0.173. The van der Waals surface area contributed by atoms with Gasteiger partial charge in [-0.05, 0) is 49.6 Å². The van der Waals surface area contributed by atoms with Gasteiger partial charge >= 0.3 is 0 Å². The summed E-state index contributed by atoms with van der Waals surface area (Å²) in [7, 11) is 2.04. The first-order valence-corrected chi connectivity index (χ1v) is 13.2. The molecule has 3 heterocycles. The standard InChI is InChI=1S/C29H32N4.C2H6/c1-4-19-16-18(30)14-15-32-24-12-8-6-10-21(24)26-20(5-2)23(17-31-3)27-22-11-7-9-13-25(22)33(19)29(27)28(26)32;1-2/h5-13,18-19,31H,2,4,14-17,30H2,1,3H3;1-2H3. The summed E-state index contributed by atoms with van der Waals surface area (Å²) in [6.45, 7) is 12.3. The minimum atomic E-state index is 0.173. The molecule has 5 aromatic rings. The summed E-state index contributed by atoms with van der Waals surface area (Å²) in [5.74, 6) is 0. The molecular formula is C31H38N4. The summed E-state index contributed by atoms with van der Waals surface area (Å²) in [5.41, 5.74) is 14.6. The van der Waals surface area contributed by atoms with Crippen LogP contribution in [0, 0.1) is 0 Å². The van der Waals surface area contributed by atoms with E-state index in [1.165, 1.54) is 54.7 Å². The van der Waals surface area contributed by atoms with Gasteiger partial charge < -0.3 is 20.2 Å². The highest BCUT2D eigenvalue weighted by Gasteiger charge is 2.29. The minimum Gasteiger partial charge on any atom is -0.339 e. The second-order valence-electron chi connectivity index (χ2n) is 9.48. The van der Waals surface area contributed by atoms with Crippen molar-refractivity contribution in [2.45, 2.75) is 65.2 Å². The summed E-state index contributed by atoms with van der Waals surface area (Å²) in [6, 6.07) is 18.3. The van der Waals surface area contributed by atoms with Crippen LogP contribution in [0.1, 0.15) is 57.2 Å². The van der Waals surface area contributed by atoms with Crippen molar-refractivity contribution in [2.75, 3.05) is 7.05 Å². The molecule has 35 heavy (non-hydrogen) atoms. The Morgan fingerprint density at radius 1 is 1.00 bits per heavy atom. The van der Waals surface area contributed by atoms with Crippen LogP contribution in [-0.4, -0.2) is 22.2 Å². The lowest BCUT2D eigenvalue weighted by Gasteiger charge is -2.23. The Balaban J connectivity index is 0.00000124. The number of nitrogens with two attached hydrogens (primary N) is 1. The van der Waals surface area contributed by atoms with Crippen molar-refractivity contribution in [1.82, 2.24) is 14.5 Å². The van der Waals surface area contributed by atoms with Crippen molar-refractivity contribution in [1.29, 1.82) is 0 Å². The van der Waals surface area contributed by atoms with Gasteiger partial charge in [-0.15, -0.1) is 0 Å². The van der Waals surface area contributed by atoms with Crippen LogP contribution in [0.4, 0.5) is 0 Å². The van der Waals surface area contributed by atoms with Crippen molar-refractivity contribution in [2.24, 2.45) is 5.73 Å². The molecule has 4 nitrogen and oxygen atoms in total. The Morgan fingerprint density at radius 3 is 2.31 bits per heavy atom. The Bertz CT molecular complexity index is 1530. The van der Waals surface area contributed by atoms with Crippen molar-refractivity contribution < 1.29 is 0 Å². The highest BCUT2D eigenvalue weighted by Crippen LogP contribution is 2.46. The molecule has 1 aliphatic heterocycles. The second-order valence-corrected chi connectivity index (χ2v) is 9.48. The van der Waals surface area contributed by atoms with Gasteiger partial charge in [-0.3, -0.25) is 0 Å². The predicted octanol–water partition coefficient (Wildman–Crippen LogP) is 7.36. The molecule has 0 spiro atoms. The maximum atomic E-state index is 6.74. The summed E-state index contributed by atoms with van der Waals surface area (Å²) < 4.78 is 5.16. The average Bonchev–Trinajstić information content (AvgIpc) is 3.42. The summed E-state index contributed by atoms with van der Waals surface area (Å²) >= 11 is 0. The van der Waals surface area contributed by atoms with Crippen LogP contribution in [0.15, 0.2) is 55.1 Å². The monoisotopic (exact) mass is 466 g/mol. The Morgan fingerprint density at radius 2 is 1.66 bits per heavy atom. The van der Waals surface area contributed by atoms with Gasteiger partial charge in [0.25, 0.3) is 0 Å². The highest BCUT2D eigenvalue weighted by molar-refractivity contribution is 6.26. The SMILES string of the molecule is C=Cc1c(CNC)c2c3ccccc3n3c2c2c1c1ccccc1n2CCC(N)CC3CC.CC. The Hall–Kier alpha value is -3.08. The van der Waals surface area contributed by atoms with E-state index in [1.54, 1.807) is 0 Å². The number of nitrogens with zero attached hydrogens (tertiary/aromatic N) is 2. The molecule has 2 aromatic heterocycles. The molecule has 3 N–H and O–H groups in total. The van der Waals surface area contributed by atoms with E-state index in [4.69, 9.17) is 5.73 Å². The lowest BCUT2D eigenvalue weighted by Crippen LogP contribution is -2.25. The number of aryl methyl sites for hydroxylation is 1. The Labute approximate surface area is 208 Å². The van der Waals surface area contributed by atoms with E-state index in [2.05, 4.69) is 82.6 Å². The molecule has 2 atom stereocenters. The van der Waals surface area contributed by atoms with Gasteiger partial charge in [0.1, 0.15) is 0 Å². The molecule has 0 saturated heterocycles. The van der Waals surface area contributed by atoms with E-state index >= 15 is 0 Å². The molecule has 0 fully saturated rings. The molecule has 182 valence electrons. The number of nitrogens with one attached hydrogen (secondary N) is 1. The van der Waals surface area contributed by atoms with Crippen LogP contribution < -0.4 is 11.1 Å². The number of para-hydroxylation sites is 2. The number of hydrogen-bond donors (Lipinski definition) is 2. The third-order valence-electron chi connectivity index (χ3n) is 7.69. The molecule has 0 amide bonds. The topological polar surface area (TPSA) is 47.9 Å². The van der Waals surface area contributed by atoms with E-state index in [0.29, 0.717) is 6.04 Å². The number of fused-ring (bicyclic) bond motifs is 6. The third kappa shape index (κ3) is 3.42. The molecule has 2 unspecified atom stereocenters. The van der Waals surface area contributed by atoms with Gasteiger partial charge in [-0.2, -0.15) is 0 Å². The molecule has 4 heteroatoms. The van der Waals surface area contributed by atoms with E-state index in [0.717, 1.165) is 32.4 Å². The molecule has 0 saturated carbocycles. The first kappa shape index (κ1) is 23.7. The zero-order valence-electron chi connectivity index (χ0n) is 21.6. The largest absolute Gasteiger partial charge is 0.339 e. The normalized spacial score (nSPS) is 18.0. The number of benzene rings is 3. The first-order chi connectivity index (χ1) is 17.2. The maximum Gasteiger partial charge on any atom is 0.0745 e. The fraction of sp³-hybridized carbons (Fsp3) is 0.355. The maximum absolute atomic E-state index is 6.74. The molecule has 0 bridgehead atoms. The van der Waals surface area contributed by atoms with Gasteiger partial charge in [-0.1, -0.05) is 69.8 Å². The summed E-state index contributed by atoms with van der Waals surface area (Å²) in [6.07, 6.45) is 5.11. The van der Waals surface area contributed by atoms with Crippen molar-refractivity contribution in [3.63, 3.8) is 0 Å². The zero-order chi connectivity index (χ0) is 24.7. The van der Waals surface area contributed by atoms with E-state index in [1.807, 2.05) is 20.9 Å². The van der Waals surface area contributed by atoms with Crippen LogP contribution >= 0.6 is 0 Å². The van der Waals surface area contributed by atoms with Crippen molar-refractivity contribution >= 4 is 49.7 Å². The van der Waals surface area contributed by atoms with Gasteiger partial charge in [0.15, 0.2) is 0 Å². The fourth-order valence-electron chi connectivity index (χ4n) is 6.32. The predicted molar refractivity (Wildman–Crippen MR) is 153 cm³/mol. The fourth-order valence-corrected chi connectivity index (χ4v) is 6.32. The lowest BCUT2D eigenvalue weighted by molar-refractivity contribution is 0.408. The van der Waals surface area contributed by atoms with Crippen LogP contribution in [0.5, 0.6) is 0 Å². The lowest BCUT2D eigenvalue weighted by atomic mass is 9.95. The van der Waals surface area contributed by atoms with Crippen molar-refractivity contribution in [3.8, 4) is 0 Å². The molecular weight excluding hydrogens is 428 g/mol. The molecule has 6 rings (SSSR count). The second kappa shape index (κ2) is 9.52. The van der Waals surface area contributed by atoms with E-state index in [-0.39, 0.29) is 6.04 Å². The third-order valence-corrected chi connectivity index (χ3v) is 7.69. The quantitative estimate of drug-likeness (QED) is 0.291.